The molecular formula is C22H14N2O4S. The summed E-state index contributed by atoms with van der Waals surface area (Å²) in [4.78, 5) is 16.5. The van der Waals surface area contributed by atoms with Crippen molar-refractivity contribution in [2.75, 3.05) is 7.11 Å². The van der Waals surface area contributed by atoms with Gasteiger partial charge in [0.1, 0.15) is 28.3 Å². The first-order valence-electron chi connectivity index (χ1n) is 8.58. The Morgan fingerprint density at radius 3 is 2.79 bits per heavy atom. The average Bonchev–Trinajstić information content (AvgIpc) is 3.52. The molecule has 4 rings (SSSR count). The van der Waals surface area contributed by atoms with Gasteiger partial charge in [-0.15, -0.1) is 11.3 Å². The summed E-state index contributed by atoms with van der Waals surface area (Å²) < 4.78 is 16.0. The van der Waals surface area contributed by atoms with Gasteiger partial charge in [-0.3, -0.25) is 0 Å². The molecule has 0 saturated heterocycles. The van der Waals surface area contributed by atoms with Gasteiger partial charge in [0, 0.05) is 17.0 Å². The molecule has 6 nitrogen and oxygen atoms in total. The lowest BCUT2D eigenvalue weighted by molar-refractivity contribution is 0.0601. The van der Waals surface area contributed by atoms with Gasteiger partial charge in [0.2, 0.25) is 0 Å². The number of carbonyl (C=O) groups excluding carboxylic acids is 1. The predicted octanol–water partition coefficient (Wildman–Crippen LogP) is 5.51. The highest BCUT2D eigenvalue weighted by Crippen LogP contribution is 2.30. The summed E-state index contributed by atoms with van der Waals surface area (Å²) in [7, 11) is 1.33. The molecule has 1 aromatic carbocycles. The predicted molar refractivity (Wildman–Crippen MR) is 109 cm³/mol. The minimum atomic E-state index is -0.444. The standard InChI is InChI=1S/C22H14N2O4S/c1-26-22(25)17-6-3-2-5-16(17)19-9-8-15(28-19)11-14(12-23)21-24-18(13-29-21)20-7-4-10-27-20/h2-11,13H,1H3. The minimum absolute atomic E-state index is 0.370. The summed E-state index contributed by atoms with van der Waals surface area (Å²) in [5, 5.41) is 12.0. The lowest BCUT2D eigenvalue weighted by Crippen LogP contribution is -2.02. The second-order valence-electron chi connectivity index (χ2n) is 5.92. The van der Waals surface area contributed by atoms with Crippen molar-refractivity contribution in [2.24, 2.45) is 0 Å². The second kappa shape index (κ2) is 8.00. The molecule has 0 amide bonds. The highest BCUT2D eigenvalue weighted by molar-refractivity contribution is 7.11. The molecule has 0 atom stereocenters. The van der Waals surface area contributed by atoms with E-state index in [0.29, 0.717) is 44.7 Å². The molecule has 142 valence electrons. The number of carbonyl (C=O) groups is 1. The van der Waals surface area contributed by atoms with Crippen LogP contribution >= 0.6 is 11.3 Å². The van der Waals surface area contributed by atoms with E-state index in [4.69, 9.17) is 13.6 Å². The third kappa shape index (κ3) is 3.74. The van der Waals surface area contributed by atoms with Gasteiger partial charge in [0.25, 0.3) is 0 Å². The maximum Gasteiger partial charge on any atom is 0.338 e. The summed E-state index contributed by atoms with van der Waals surface area (Å²) in [5.41, 5.74) is 2.06. The Morgan fingerprint density at radius 1 is 1.17 bits per heavy atom. The van der Waals surface area contributed by atoms with Crippen molar-refractivity contribution in [3.05, 3.63) is 76.5 Å². The van der Waals surface area contributed by atoms with Gasteiger partial charge in [-0.05, 0) is 30.3 Å². The van der Waals surface area contributed by atoms with E-state index in [1.807, 2.05) is 17.5 Å². The summed E-state index contributed by atoms with van der Waals surface area (Å²) in [6.45, 7) is 0. The smallest absolute Gasteiger partial charge is 0.338 e. The number of hydrogen-bond donors (Lipinski definition) is 0. The van der Waals surface area contributed by atoms with Crippen LogP contribution < -0.4 is 0 Å². The quantitative estimate of drug-likeness (QED) is 0.323. The van der Waals surface area contributed by atoms with Crippen LogP contribution in [-0.2, 0) is 4.74 Å². The normalized spacial score (nSPS) is 11.2. The molecule has 0 aliphatic rings. The molecule has 0 aliphatic carbocycles. The minimum Gasteiger partial charge on any atom is -0.465 e. The van der Waals surface area contributed by atoms with Crippen LogP contribution in [0.1, 0.15) is 21.1 Å². The highest BCUT2D eigenvalue weighted by atomic mass is 32.1. The number of rotatable bonds is 5. The number of methoxy groups -OCH3 is 1. The van der Waals surface area contributed by atoms with Crippen molar-refractivity contribution >= 4 is 29.0 Å². The van der Waals surface area contributed by atoms with Gasteiger partial charge in [-0.25, -0.2) is 9.78 Å². The van der Waals surface area contributed by atoms with E-state index in [9.17, 15) is 10.1 Å². The lowest BCUT2D eigenvalue weighted by Gasteiger charge is -2.04. The topological polar surface area (TPSA) is 89.3 Å². The molecule has 0 fully saturated rings. The van der Waals surface area contributed by atoms with Gasteiger partial charge in [0.15, 0.2) is 5.76 Å². The van der Waals surface area contributed by atoms with Gasteiger partial charge >= 0.3 is 5.97 Å². The Morgan fingerprint density at radius 2 is 2.03 bits per heavy atom. The number of benzene rings is 1. The Kier molecular flexibility index (Phi) is 5.10. The largest absolute Gasteiger partial charge is 0.465 e. The molecule has 29 heavy (non-hydrogen) atoms. The van der Waals surface area contributed by atoms with Crippen LogP contribution in [0, 0.1) is 11.3 Å². The summed E-state index contributed by atoms with van der Waals surface area (Å²) in [6.07, 6.45) is 3.20. The monoisotopic (exact) mass is 402 g/mol. The summed E-state index contributed by atoms with van der Waals surface area (Å²) in [5.74, 6) is 1.18. The van der Waals surface area contributed by atoms with Crippen LogP contribution in [0.3, 0.4) is 0 Å². The number of aromatic nitrogens is 1. The lowest BCUT2D eigenvalue weighted by atomic mass is 10.1. The van der Waals surface area contributed by atoms with Crippen LogP contribution in [0.5, 0.6) is 0 Å². The van der Waals surface area contributed by atoms with E-state index in [2.05, 4.69) is 11.1 Å². The molecular weight excluding hydrogens is 388 g/mol. The van der Waals surface area contributed by atoms with Crippen molar-refractivity contribution in [2.45, 2.75) is 0 Å². The van der Waals surface area contributed by atoms with Crippen LogP contribution in [0.25, 0.3) is 34.4 Å². The molecule has 0 saturated carbocycles. The van der Waals surface area contributed by atoms with E-state index in [-0.39, 0.29) is 0 Å². The first-order valence-corrected chi connectivity index (χ1v) is 9.46. The van der Waals surface area contributed by atoms with Crippen molar-refractivity contribution in [1.82, 2.24) is 4.98 Å². The molecule has 0 radical (unpaired) electrons. The van der Waals surface area contributed by atoms with E-state index in [1.54, 1.807) is 48.7 Å². The molecule has 3 aromatic heterocycles. The van der Waals surface area contributed by atoms with Crippen LogP contribution in [-0.4, -0.2) is 18.1 Å². The first-order chi connectivity index (χ1) is 14.2. The van der Waals surface area contributed by atoms with Crippen molar-refractivity contribution in [1.29, 1.82) is 5.26 Å². The number of esters is 1. The van der Waals surface area contributed by atoms with E-state index in [1.165, 1.54) is 18.4 Å². The maximum atomic E-state index is 12.0. The van der Waals surface area contributed by atoms with Crippen molar-refractivity contribution < 1.29 is 18.4 Å². The molecule has 0 N–H and O–H groups in total. The Bertz CT molecular complexity index is 1230. The molecule has 4 aromatic rings. The SMILES string of the molecule is COC(=O)c1ccccc1-c1ccc(C=C(C#N)c2nc(-c3ccco3)cs2)o1. The van der Waals surface area contributed by atoms with Gasteiger partial charge in [-0.2, -0.15) is 5.26 Å². The van der Waals surface area contributed by atoms with E-state index < -0.39 is 5.97 Å². The fraction of sp³-hybridized carbons (Fsp3) is 0.0455. The Labute approximate surface area is 170 Å². The summed E-state index contributed by atoms with van der Waals surface area (Å²) in [6, 6.07) is 16.3. The third-order valence-corrected chi connectivity index (χ3v) is 5.02. The number of allylic oxidation sites excluding steroid dienone is 1. The average molecular weight is 402 g/mol. The van der Waals surface area contributed by atoms with Crippen LogP contribution in [0.15, 0.2) is 69.0 Å². The zero-order valence-corrected chi connectivity index (χ0v) is 16.1. The fourth-order valence-electron chi connectivity index (χ4n) is 2.78. The Balaban J connectivity index is 1.65. The van der Waals surface area contributed by atoms with Crippen molar-refractivity contribution in [3.8, 4) is 28.8 Å². The van der Waals surface area contributed by atoms with Gasteiger partial charge in [-0.1, -0.05) is 18.2 Å². The second-order valence-corrected chi connectivity index (χ2v) is 6.78. The fourth-order valence-corrected chi connectivity index (χ4v) is 3.55. The van der Waals surface area contributed by atoms with Crippen molar-refractivity contribution in [3.63, 3.8) is 0 Å². The molecule has 0 aliphatic heterocycles. The molecule has 3 heterocycles. The summed E-state index contributed by atoms with van der Waals surface area (Å²) >= 11 is 1.35. The first kappa shape index (κ1) is 18.5. The molecule has 0 spiro atoms. The van der Waals surface area contributed by atoms with Crippen LogP contribution in [0.2, 0.25) is 0 Å². The number of nitrogens with zero attached hydrogens (tertiary/aromatic N) is 2. The van der Waals surface area contributed by atoms with Gasteiger partial charge in [0.05, 0.1) is 24.5 Å². The maximum absolute atomic E-state index is 12.0. The number of nitriles is 1. The zero-order valence-electron chi connectivity index (χ0n) is 15.3. The molecule has 0 unspecified atom stereocenters. The number of hydrogen-bond acceptors (Lipinski definition) is 7. The number of thiazole rings is 1. The highest BCUT2D eigenvalue weighted by Gasteiger charge is 2.16. The third-order valence-electron chi connectivity index (χ3n) is 4.14. The van der Waals surface area contributed by atoms with Crippen LogP contribution in [0.4, 0.5) is 0 Å². The van der Waals surface area contributed by atoms with Gasteiger partial charge < -0.3 is 13.6 Å². The number of furan rings is 2. The Hall–Kier alpha value is -3.89. The number of ether oxygens (including phenoxy) is 1. The van der Waals surface area contributed by atoms with E-state index >= 15 is 0 Å². The van der Waals surface area contributed by atoms with E-state index in [0.717, 1.165) is 0 Å². The zero-order chi connectivity index (χ0) is 20.2. The molecule has 0 bridgehead atoms. The molecule has 7 heteroatoms.